The van der Waals surface area contributed by atoms with Crippen LogP contribution in [-0.4, -0.2) is 24.8 Å². The fourth-order valence-corrected chi connectivity index (χ4v) is 1.39. The van der Waals surface area contributed by atoms with Gasteiger partial charge in [0.25, 0.3) is 0 Å². The Hall–Kier alpha value is -0.0800. The van der Waals surface area contributed by atoms with Crippen molar-refractivity contribution in [1.29, 1.82) is 0 Å². The average molecular weight is 143 g/mol. The minimum absolute atomic E-state index is 0.367. The molecule has 2 heteroatoms. The molecule has 0 N–H and O–H groups in total. The summed E-state index contributed by atoms with van der Waals surface area (Å²) in [6.45, 7) is 7.54. The van der Waals surface area contributed by atoms with E-state index in [4.69, 9.17) is 4.84 Å². The number of hydrogen-bond acceptors (Lipinski definition) is 2. The van der Waals surface area contributed by atoms with E-state index < -0.39 is 0 Å². The van der Waals surface area contributed by atoms with Gasteiger partial charge in [0.2, 0.25) is 0 Å². The highest BCUT2D eigenvalue weighted by Crippen LogP contribution is 2.29. The van der Waals surface area contributed by atoms with E-state index in [1.807, 2.05) is 12.1 Å². The average Bonchev–Trinajstić information content (AvgIpc) is 1.79. The van der Waals surface area contributed by atoms with Crippen LogP contribution in [0.15, 0.2) is 0 Å². The molecule has 1 atom stereocenters. The summed E-state index contributed by atoms with van der Waals surface area (Å²) in [5.74, 6) is 0. The van der Waals surface area contributed by atoms with Crippen LogP contribution in [-0.2, 0) is 4.84 Å². The van der Waals surface area contributed by atoms with Crippen molar-refractivity contribution in [3.63, 3.8) is 0 Å². The van der Waals surface area contributed by atoms with Crippen molar-refractivity contribution < 1.29 is 4.84 Å². The molecule has 0 aromatic heterocycles. The first kappa shape index (κ1) is 8.02. The SMILES string of the molecule is CC1CC(C)(C)CON1C. The molecule has 1 fully saturated rings. The minimum Gasteiger partial charge on any atom is -0.298 e. The van der Waals surface area contributed by atoms with Gasteiger partial charge in [0.1, 0.15) is 0 Å². The highest BCUT2D eigenvalue weighted by atomic mass is 16.7. The zero-order chi connectivity index (χ0) is 7.78. The monoisotopic (exact) mass is 143 g/mol. The second-order valence-electron chi connectivity index (χ2n) is 4.04. The van der Waals surface area contributed by atoms with Gasteiger partial charge in [-0.05, 0) is 18.8 Å². The minimum atomic E-state index is 0.367. The molecule has 0 aliphatic carbocycles. The van der Waals surface area contributed by atoms with Gasteiger partial charge in [-0.3, -0.25) is 4.84 Å². The smallest absolute Gasteiger partial charge is 0.0736 e. The van der Waals surface area contributed by atoms with Gasteiger partial charge in [0.15, 0.2) is 0 Å². The summed E-state index contributed by atoms with van der Waals surface area (Å²) in [5.41, 5.74) is 0.367. The van der Waals surface area contributed by atoms with Crippen LogP contribution in [0.3, 0.4) is 0 Å². The highest BCUT2D eigenvalue weighted by molar-refractivity contribution is 4.76. The second-order valence-corrected chi connectivity index (χ2v) is 4.04. The van der Waals surface area contributed by atoms with Crippen molar-refractivity contribution in [1.82, 2.24) is 5.06 Å². The molecule has 0 saturated carbocycles. The zero-order valence-electron chi connectivity index (χ0n) is 7.35. The summed E-state index contributed by atoms with van der Waals surface area (Å²) in [6, 6.07) is 0.559. The fourth-order valence-electron chi connectivity index (χ4n) is 1.39. The number of rotatable bonds is 0. The molecular formula is C8H17NO. The van der Waals surface area contributed by atoms with Gasteiger partial charge in [-0.1, -0.05) is 13.8 Å². The van der Waals surface area contributed by atoms with Crippen molar-refractivity contribution in [3.8, 4) is 0 Å². The summed E-state index contributed by atoms with van der Waals surface area (Å²) < 4.78 is 0. The van der Waals surface area contributed by atoms with Crippen molar-refractivity contribution in [2.24, 2.45) is 5.41 Å². The van der Waals surface area contributed by atoms with Crippen LogP contribution >= 0.6 is 0 Å². The molecule has 1 heterocycles. The topological polar surface area (TPSA) is 12.5 Å². The molecular weight excluding hydrogens is 126 g/mol. The molecule has 1 aliphatic rings. The lowest BCUT2D eigenvalue weighted by Crippen LogP contribution is -2.42. The van der Waals surface area contributed by atoms with Crippen molar-refractivity contribution in [3.05, 3.63) is 0 Å². The predicted molar refractivity (Wildman–Crippen MR) is 41.6 cm³/mol. The van der Waals surface area contributed by atoms with Crippen LogP contribution in [0.5, 0.6) is 0 Å². The van der Waals surface area contributed by atoms with Crippen LogP contribution < -0.4 is 0 Å². The van der Waals surface area contributed by atoms with E-state index in [0.29, 0.717) is 11.5 Å². The third kappa shape index (κ3) is 1.70. The van der Waals surface area contributed by atoms with Crippen LogP contribution in [0, 0.1) is 5.41 Å². The Morgan fingerprint density at radius 3 is 2.50 bits per heavy atom. The third-order valence-electron chi connectivity index (χ3n) is 2.13. The number of hydrogen-bond donors (Lipinski definition) is 0. The van der Waals surface area contributed by atoms with E-state index in [9.17, 15) is 0 Å². The van der Waals surface area contributed by atoms with Gasteiger partial charge in [-0.15, -0.1) is 0 Å². The summed E-state index contributed by atoms with van der Waals surface area (Å²) in [4.78, 5) is 5.44. The molecule has 10 heavy (non-hydrogen) atoms. The molecule has 0 radical (unpaired) electrons. The van der Waals surface area contributed by atoms with E-state index >= 15 is 0 Å². The number of nitrogens with zero attached hydrogens (tertiary/aromatic N) is 1. The molecule has 0 spiro atoms. The first-order valence-electron chi connectivity index (χ1n) is 3.87. The predicted octanol–water partition coefficient (Wildman–Crippen LogP) is 1.67. The third-order valence-corrected chi connectivity index (χ3v) is 2.13. The molecule has 1 rings (SSSR count). The van der Waals surface area contributed by atoms with Crippen LogP contribution in [0.25, 0.3) is 0 Å². The normalized spacial score (nSPS) is 34.2. The Balaban J connectivity index is 2.49. The maximum Gasteiger partial charge on any atom is 0.0736 e. The van der Waals surface area contributed by atoms with Crippen molar-refractivity contribution in [2.45, 2.75) is 33.2 Å². The first-order valence-corrected chi connectivity index (χ1v) is 3.87. The zero-order valence-corrected chi connectivity index (χ0v) is 7.35. The fraction of sp³-hybridized carbons (Fsp3) is 1.00. The highest BCUT2D eigenvalue weighted by Gasteiger charge is 2.29. The summed E-state index contributed by atoms with van der Waals surface area (Å²) in [6.07, 6.45) is 1.23. The Bertz CT molecular complexity index is 122. The lowest BCUT2D eigenvalue weighted by molar-refractivity contribution is -0.223. The van der Waals surface area contributed by atoms with Gasteiger partial charge in [0.05, 0.1) is 6.61 Å². The van der Waals surface area contributed by atoms with Gasteiger partial charge in [-0.25, -0.2) is 0 Å². The first-order chi connectivity index (χ1) is 4.51. The molecule has 1 saturated heterocycles. The van der Waals surface area contributed by atoms with Gasteiger partial charge < -0.3 is 0 Å². The van der Waals surface area contributed by atoms with Gasteiger partial charge in [0, 0.05) is 13.1 Å². The van der Waals surface area contributed by atoms with E-state index in [1.54, 1.807) is 0 Å². The lowest BCUT2D eigenvalue weighted by Gasteiger charge is -2.39. The van der Waals surface area contributed by atoms with E-state index in [0.717, 1.165) is 6.61 Å². The second kappa shape index (κ2) is 2.51. The van der Waals surface area contributed by atoms with Crippen LogP contribution in [0.2, 0.25) is 0 Å². The molecule has 60 valence electrons. The van der Waals surface area contributed by atoms with Crippen LogP contribution in [0.1, 0.15) is 27.2 Å². The van der Waals surface area contributed by atoms with E-state index in [1.165, 1.54) is 6.42 Å². The summed E-state index contributed by atoms with van der Waals surface area (Å²) in [7, 11) is 2.00. The van der Waals surface area contributed by atoms with Gasteiger partial charge >= 0.3 is 0 Å². The molecule has 1 aliphatic heterocycles. The summed E-state index contributed by atoms with van der Waals surface area (Å²) in [5, 5.41) is 1.95. The lowest BCUT2D eigenvalue weighted by atomic mass is 9.86. The van der Waals surface area contributed by atoms with Gasteiger partial charge in [-0.2, -0.15) is 5.06 Å². The molecule has 0 aromatic rings. The molecule has 0 amide bonds. The maximum atomic E-state index is 5.44. The number of hydroxylamine groups is 2. The van der Waals surface area contributed by atoms with E-state index in [2.05, 4.69) is 20.8 Å². The van der Waals surface area contributed by atoms with Crippen molar-refractivity contribution in [2.75, 3.05) is 13.7 Å². The summed E-state index contributed by atoms with van der Waals surface area (Å²) >= 11 is 0. The Morgan fingerprint density at radius 2 is 2.10 bits per heavy atom. The standard InChI is InChI=1S/C8H17NO/c1-7-5-8(2,3)6-10-9(7)4/h7H,5-6H2,1-4H3. The maximum absolute atomic E-state index is 5.44. The Kier molecular flexibility index (Phi) is 2.02. The molecule has 2 nitrogen and oxygen atoms in total. The van der Waals surface area contributed by atoms with Crippen LogP contribution in [0.4, 0.5) is 0 Å². The molecule has 0 aromatic carbocycles. The Morgan fingerprint density at radius 1 is 1.50 bits per heavy atom. The molecule has 1 unspecified atom stereocenters. The van der Waals surface area contributed by atoms with Crippen molar-refractivity contribution >= 4 is 0 Å². The quantitative estimate of drug-likeness (QED) is 0.511. The van der Waals surface area contributed by atoms with E-state index in [-0.39, 0.29) is 0 Å². The largest absolute Gasteiger partial charge is 0.298 e. The molecule has 0 bridgehead atoms. The Labute approximate surface area is 63.1 Å².